The van der Waals surface area contributed by atoms with Crippen molar-refractivity contribution in [2.45, 2.75) is 66.2 Å². The third-order valence-corrected chi connectivity index (χ3v) is 3.22. The van der Waals surface area contributed by atoms with E-state index in [9.17, 15) is 0 Å². The maximum absolute atomic E-state index is 2.43. The van der Waals surface area contributed by atoms with E-state index in [1.165, 1.54) is 24.8 Å². The third-order valence-electron chi connectivity index (χ3n) is 3.22. The fourth-order valence-corrected chi connectivity index (χ4v) is 2.23. The van der Waals surface area contributed by atoms with Gasteiger partial charge in [0.25, 0.3) is 0 Å². The molecule has 0 aliphatic carbocycles. The zero-order valence-corrected chi connectivity index (χ0v) is 12.4. The standard InChI is InChI=1S/C17H28/c1-7-8-14-12-16(17(4,5)6)10-9-15(14)11-13(2)3/h9-10,12-13H,7-8,11H2,1-6H3. The van der Waals surface area contributed by atoms with E-state index < -0.39 is 0 Å². The second-order valence-corrected chi connectivity index (χ2v) is 6.58. The Morgan fingerprint density at radius 1 is 1.06 bits per heavy atom. The van der Waals surface area contributed by atoms with E-state index in [1.807, 2.05) is 0 Å². The lowest BCUT2D eigenvalue weighted by atomic mass is 9.83. The molecule has 0 heterocycles. The van der Waals surface area contributed by atoms with Crippen LogP contribution in [0.3, 0.4) is 0 Å². The number of benzene rings is 1. The number of rotatable bonds is 4. The van der Waals surface area contributed by atoms with Gasteiger partial charge in [-0.1, -0.05) is 66.2 Å². The Morgan fingerprint density at radius 2 is 1.71 bits per heavy atom. The van der Waals surface area contributed by atoms with Crippen LogP contribution in [0.15, 0.2) is 18.2 Å². The lowest BCUT2D eigenvalue weighted by Gasteiger charge is -2.22. The lowest BCUT2D eigenvalue weighted by molar-refractivity contribution is 0.587. The van der Waals surface area contributed by atoms with Gasteiger partial charge in [-0.3, -0.25) is 0 Å². The van der Waals surface area contributed by atoms with Gasteiger partial charge in [-0.2, -0.15) is 0 Å². The average Bonchev–Trinajstić information content (AvgIpc) is 2.18. The number of aryl methyl sites for hydroxylation is 1. The van der Waals surface area contributed by atoms with Gasteiger partial charge >= 0.3 is 0 Å². The van der Waals surface area contributed by atoms with Crippen molar-refractivity contribution in [1.29, 1.82) is 0 Å². The first-order valence-corrected chi connectivity index (χ1v) is 6.97. The molecule has 17 heavy (non-hydrogen) atoms. The molecule has 0 aromatic heterocycles. The molecule has 1 rings (SSSR count). The van der Waals surface area contributed by atoms with Gasteiger partial charge in [-0.15, -0.1) is 0 Å². The second kappa shape index (κ2) is 5.71. The summed E-state index contributed by atoms with van der Waals surface area (Å²) in [5.74, 6) is 0.742. The molecule has 0 aliphatic rings. The van der Waals surface area contributed by atoms with E-state index >= 15 is 0 Å². The van der Waals surface area contributed by atoms with E-state index in [0.717, 1.165) is 5.92 Å². The molecule has 96 valence electrons. The van der Waals surface area contributed by atoms with Crippen LogP contribution in [-0.4, -0.2) is 0 Å². The molecular weight excluding hydrogens is 204 g/mol. The summed E-state index contributed by atoms with van der Waals surface area (Å²) in [6, 6.07) is 7.10. The van der Waals surface area contributed by atoms with Crippen LogP contribution in [0.1, 0.15) is 64.7 Å². The largest absolute Gasteiger partial charge is 0.0651 e. The maximum Gasteiger partial charge on any atom is -0.0132 e. The molecular formula is C17H28. The van der Waals surface area contributed by atoms with Gasteiger partial charge in [-0.05, 0) is 40.9 Å². The third kappa shape index (κ3) is 4.18. The molecule has 0 bridgehead atoms. The molecule has 0 saturated carbocycles. The van der Waals surface area contributed by atoms with Crippen LogP contribution >= 0.6 is 0 Å². The van der Waals surface area contributed by atoms with Crippen LogP contribution in [-0.2, 0) is 18.3 Å². The monoisotopic (exact) mass is 232 g/mol. The molecule has 0 fully saturated rings. The summed E-state index contributed by atoms with van der Waals surface area (Å²) in [4.78, 5) is 0. The summed E-state index contributed by atoms with van der Waals surface area (Å²) in [6.07, 6.45) is 3.66. The van der Waals surface area contributed by atoms with Gasteiger partial charge in [0.15, 0.2) is 0 Å². The minimum Gasteiger partial charge on any atom is -0.0651 e. The highest BCUT2D eigenvalue weighted by atomic mass is 14.2. The van der Waals surface area contributed by atoms with Crippen molar-refractivity contribution in [2.75, 3.05) is 0 Å². The minimum atomic E-state index is 0.263. The van der Waals surface area contributed by atoms with Gasteiger partial charge in [0.2, 0.25) is 0 Å². The first-order valence-electron chi connectivity index (χ1n) is 6.97. The predicted molar refractivity (Wildman–Crippen MR) is 77.7 cm³/mol. The molecule has 0 saturated heterocycles. The Bertz CT molecular complexity index is 353. The van der Waals surface area contributed by atoms with Crippen molar-refractivity contribution < 1.29 is 0 Å². The van der Waals surface area contributed by atoms with Crippen LogP contribution in [0.4, 0.5) is 0 Å². The van der Waals surface area contributed by atoms with Gasteiger partial charge in [0.1, 0.15) is 0 Å². The highest BCUT2D eigenvalue weighted by molar-refractivity contribution is 5.35. The van der Waals surface area contributed by atoms with E-state index in [4.69, 9.17) is 0 Å². The summed E-state index contributed by atoms with van der Waals surface area (Å²) in [5, 5.41) is 0. The normalized spacial score (nSPS) is 12.2. The van der Waals surface area contributed by atoms with Gasteiger partial charge < -0.3 is 0 Å². The first kappa shape index (κ1) is 14.3. The molecule has 0 amide bonds. The topological polar surface area (TPSA) is 0 Å². The lowest BCUT2D eigenvalue weighted by Crippen LogP contribution is -2.12. The summed E-state index contributed by atoms with van der Waals surface area (Å²) in [5.41, 5.74) is 4.84. The van der Waals surface area contributed by atoms with Crippen molar-refractivity contribution in [3.63, 3.8) is 0 Å². The summed E-state index contributed by atoms with van der Waals surface area (Å²) >= 11 is 0. The van der Waals surface area contributed by atoms with Gasteiger partial charge in [-0.25, -0.2) is 0 Å². The molecule has 0 atom stereocenters. The Hall–Kier alpha value is -0.780. The molecule has 0 radical (unpaired) electrons. The highest BCUT2D eigenvalue weighted by Gasteiger charge is 2.15. The van der Waals surface area contributed by atoms with Gasteiger partial charge in [0, 0.05) is 0 Å². The van der Waals surface area contributed by atoms with Crippen molar-refractivity contribution in [3.05, 3.63) is 34.9 Å². The van der Waals surface area contributed by atoms with E-state index in [1.54, 1.807) is 11.1 Å². The van der Waals surface area contributed by atoms with E-state index in [-0.39, 0.29) is 5.41 Å². The molecule has 0 spiro atoms. The van der Waals surface area contributed by atoms with Crippen molar-refractivity contribution in [2.24, 2.45) is 5.92 Å². The Balaban J connectivity index is 3.08. The quantitative estimate of drug-likeness (QED) is 0.674. The zero-order chi connectivity index (χ0) is 13.1. The van der Waals surface area contributed by atoms with E-state index in [2.05, 4.69) is 59.7 Å². The van der Waals surface area contributed by atoms with Crippen LogP contribution in [0.2, 0.25) is 0 Å². The molecule has 1 aromatic carbocycles. The van der Waals surface area contributed by atoms with Crippen molar-refractivity contribution in [1.82, 2.24) is 0 Å². The van der Waals surface area contributed by atoms with Crippen LogP contribution in [0, 0.1) is 5.92 Å². The Labute approximate surface area is 107 Å². The molecule has 0 heteroatoms. The molecule has 0 nitrogen and oxygen atoms in total. The second-order valence-electron chi connectivity index (χ2n) is 6.58. The van der Waals surface area contributed by atoms with Gasteiger partial charge in [0.05, 0.1) is 0 Å². The summed E-state index contributed by atoms with van der Waals surface area (Å²) in [6.45, 7) is 13.7. The Kier molecular flexibility index (Phi) is 4.80. The Morgan fingerprint density at radius 3 is 2.18 bits per heavy atom. The average molecular weight is 232 g/mol. The summed E-state index contributed by atoms with van der Waals surface area (Å²) < 4.78 is 0. The first-order chi connectivity index (χ1) is 7.84. The van der Waals surface area contributed by atoms with Crippen LogP contribution in [0.5, 0.6) is 0 Å². The molecule has 1 aromatic rings. The van der Waals surface area contributed by atoms with Crippen molar-refractivity contribution in [3.8, 4) is 0 Å². The summed E-state index contributed by atoms with van der Waals surface area (Å²) in [7, 11) is 0. The minimum absolute atomic E-state index is 0.263. The highest BCUT2D eigenvalue weighted by Crippen LogP contribution is 2.26. The zero-order valence-electron chi connectivity index (χ0n) is 12.4. The number of hydrogen-bond donors (Lipinski definition) is 0. The molecule has 0 aliphatic heterocycles. The maximum atomic E-state index is 2.43. The predicted octanol–water partition coefficient (Wildman–Crippen LogP) is 5.14. The smallest absolute Gasteiger partial charge is 0.0132 e. The SMILES string of the molecule is CCCc1cc(C(C)(C)C)ccc1CC(C)C. The molecule has 0 N–H and O–H groups in total. The molecule has 0 unspecified atom stereocenters. The van der Waals surface area contributed by atoms with E-state index in [0.29, 0.717) is 0 Å². The van der Waals surface area contributed by atoms with Crippen LogP contribution < -0.4 is 0 Å². The number of hydrogen-bond acceptors (Lipinski definition) is 0. The van der Waals surface area contributed by atoms with Crippen molar-refractivity contribution >= 4 is 0 Å². The fourth-order valence-electron chi connectivity index (χ4n) is 2.23. The fraction of sp³-hybridized carbons (Fsp3) is 0.647. The van der Waals surface area contributed by atoms with Crippen LogP contribution in [0.25, 0.3) is 0 Å².